The number of hydrogen-bond acceptors (Lipinski definition) is 12. The van der Waals surface area contributed by atoms with Crippen LogP contribution in [0.25, 0.3) is 16.6 Å². The number of pyridine rings is 1. The third kappa shape index (κ3) is 11.9. The molecule has 2 aromatic heterocycles. The first kappa shape index (κ1) is 49.3. The van der Waals surface area contributed by atoms with E-state index in [1.807, 2.05) is 12.1 Å². The summed E-state index contributed by atoms with van der Waals surface area (Å²) in [6, 6.07) is 19.4. The highest BCUT2D eigenvalue weighted by molar-refractivity contribution is 7.89. The maximum absolute atomic E-state index is 15.4. The van der Waals surface area contributed by atoms with Gasteiger partial charge in [-0.3, -0.25) is 24.6 Å². The second kappa shape index (κ2) is 20.9. The van der Waals surface area contributed by atoms with Crippen molar-refractivity contribution < 1.29 is 46.6 Å². The average molecular weight is 988 g/mol. The number of nitrogens with zero attached hydrogens (tertiary/aromatic N) is 5. The van der Waals surface area contributed by atoms with Gasteiger partial charge in [0.15, 0.2) is 5.75 Å². The number of amides is 1. The zero-order chi connectivity index (χ0) is 48.9. The van der Waals surface area contributed by atoms with Crippen molar-refractivity contribution in [2.75, 3.05) is 64.0 Å². The smallest absolute Gasteiger partial charge is 0.312 e. The quantitative estimate of drug-likeness (QED) is 0.0479. The molecule has 5 aromatic rings. The fourth-order valence-electron chi connectivity index (χ4n) is 9.10. The molecule has 0 bridgehead atoms. The molecule has 0 radical (unpaired) electrons. The van der Waals surface area contributed by atoms with Crippen LogP contribution in [-0.2, 0) is 19.6 Å². The Morgan fingerprint density at radius 2 is 1.74 bits per heavy atom. The van der Waals surface area contributed by atoms with E-state index in [-0.39, 0.29) is 73.5 Å². The van der Waals surface area contributed by atoms with Gasteiger partial charge < -0.3 is 29.2 Å². The van der Waals surface area contributed by atoms with Crippen molar-refractivity contribution in [2.24, 2.45) is 5.41 Å². The Balaban J connectivity index is 1.08. The van der Waals surface area contributed by atoms with Crippen molar-refractivity contribution >= 4 is 61.5 Å². The Hall–Kier alpha value is -6.08. The first-order valence-electron chi connectivity index (χ1n) is 23.1. The van der Waals surface area contributed by atoms with Crippen molar-refractivity contribution in [3.8, 4) is 17.2 Å². The number of ether oxygens (including phenoxy) is 3. The molecule has 0 spiro atoms. The lowest BCUT2D eigenvalue weighted by molar-refractivity contribution is -0.386. The van der Waals surface area contributed by atoms with E-state index in [0.29, 0.717) is 28.1 Å². The number of unbranched alkanes of at least 4 members (excludes halogenated alkanes) is 1. The number of nitrogens with one attached hydrogen (secondary N) is 1. The molecule has 69 heavy (non-hydrogen) atoms. The Bertz CT molecular complexity index is 2840. The zero-order valence-corrected chi connectivity index (χ0v) is 40.2. The Morgan fingerprint density at radius 1 is 0.986 bits per heavy atom. The van der Waals surface area contributed by atoms with E-state index in [1.54, 1.807) is 30.5 Å². The SMILES string of the molecule is CC1(C)CCC(CN2CCN(c3ccc(C(=O)N(CCCCC(=O)O)S(=O)(=O)c4ccc(OCC5(F)CCOCC5)c([N+](=O)[O-])c4)c(Oc4cnc5[nH]ccc5c4)c3)CC2)=C(c2ccc(Cl)cc2)C1. The lowest BCUT2D eigenvalue weighted by Gasteiger charge is -2.39. The highest BCUT2D eigenvalue weighted by Gasteiger charge is 2.37. The fourth-order valence-corrected chi connectivity index (χ4v) is 10.7. The fraction of sp³-hybridized carbons (Fsp3) is 0.420. The number of carboxylic acid groups (broad SMARTS) is 1. The molecule has 0 saturated carbocycles. The molecular formula is C50H56ClFN6O10S. The van der Waals surface area contributed by atoms with Crippen LogP contribution in [0.4, 0.5) is 15.8 Å². The Morgan fingerprint density at radius 3 is 2.46 bits per heavy atom. The minimum absolute atomic E-state index is 0.0251. The molecule has 2 saturated heterocycles. The van der Waals surface area contributed by atoms with Crippen molar-refractivity contribution in [1.82, 2.24) is 19.2 Å². The van der Waals surface area contributed by atoms with Crippen molar-refractivity contribution in [1.29, 1.82) is 0 Å². The largest absolute Gasteiger partial charge is 0.483 e. The molecule has 16 nitrogen and oxygen atoms in total. The van der Waals surface area contributed by atoms with Gasteiger partial charge in [0.1, 0.15) is 29.4 Å². The number of aliphatic carboxylic acids is 1. The number of allylic oxidation sites excluding steroid dienone is 1. The van der Waals surface area contributed by atoms with Crippen molar-refractivity contribution in [2.45, 2.75) is 75.8 Å². The summed E-state index contributed by atoms with van der Waals surface area (Å²) in [5, 5.41) is 23.1. The van der Waals surface area contributed by atoms with Gasteiger partial charge in [-0.2, -0.15) is 0 Å². The highest BCUT2D eigenvalue weighted by Crippen LogP contribution is 2.44. The molecular weight excluding hydrogens is 931 g/mol. The van der Waals surface area contributed by atoms with Crippen LogP contribution in [-0.4, -0.2) is 114 Å². The second-order valence-electron chi connectivity index (χ2n) is 18.7. The number of aromatic nitrogens is 2. The number of aromatic amines is 1. The van der Waals surface area contributed by atoms with Gasteiger partial charge in [-0.25, -0.2) is 22.1 Å². The number of fused-ring (bicyclic) bond motifs is 1. The normalized spacial score (nSPS) is 17.4. The third-order valence-electron chi connectivity index (χ3n) is 13.1. The van der Waals surface area contributed by atoms with Crippen LogP contribution >= 0.6 is 11.6 Å². The van der Waals surface area contributed by atoms with E-state index in [2.05, 4.69) is 45.7 Å². The van der Waals surface area contributed by atoms with Gasteiger partial charge in [-0.05, 0) is 97.2 Å². The first-order chi connectivity index (χ1) is 33.0. The zero-order valence-electron chi connectivity index (χ0n) is 38.6. The number of nitro benzene ring substituents is 1. The number of alkyl halides is 1. The summed E-state index contributed by atoms with van der Waals surface area (Å²) in [6.45, 7) is 7.63. The molecule has 0 unspecified atom stereocenters. The number of piperazine rings is 1. The molecule has 3 aromatic carbocycles. The van der Waals surface area contributed by atoms with Gasteiger partial charge in [-0.1, -0.05) is 43.2 Å². The van der Waals surface area contributed by atoms with Crippen LogP contribution in [0.3, 0.4) is 0 Å². The summed E-state index contributed by atoms with van der Waals surface area (Å²) in [4.78, 5) is 49.3. The topological polar surface area (TPSA) is 198 Å². The monoisotopic (exact) mass is 986 g/mol. The highest BCUT2D eigenvalue weighted by atomic mass is 35.5. The summed E-state index contributed by atoms with van der Waals surface area (Å²) >= 11 is 6.25. The predicted molar refractivity (Wildman–Crippen MR) is 259 cm³/mol. The van der Waals surface area contributed by atoms with Gasteiger partial charge >= 0.3 is 11.7 Å². The number of anilines is 1. The third-order valence-corrected chi connectivity index (χ3v) is 15.2. The standard InChI is InChI=1S/C50H56ClFN6O10S/c1-49(2)16-14-36(42(30-49)34-6-8-37(51)9-7-34)32-55-21-23-56(24-22-55)38-10-12-41(45(28-38)68-39-27-35-15-19-53-47(35)54-31-39)48(61)57(20-4-3-5-46(59)60)69(64,65)40-11-13-44(43(29-40)58(62)63)67-33-50(52)17-25-66-26-18-50/h6-13,15,19,27-29,31H,3-5,14,16-18,20-26,30,32-33H2,1-2H3,(H,53,54)(H,59,60). The number of nitro groups is 1. The minimum Gasteiger partial charge on any atom is -0.483 e. The summed E-state index contributed by atoms with van der Waals surface area (Å²) < 4.78 is 62.4. The van der Waals surface area contributed by atoms with E-state index >= 15 is 4.39 Å². The first-order valence-corrected chi connectivity index (χ1v) is 24.9. The maximum Gasteiger partial charge on any atom is 0.312 e. The molecule has 1 aliphatic carbocycles. The van der Waals surface area contributed by atoms with E-state index in [9.17, 15) is 33.2 Å². The Labute approximate surface area is 405 Å². The number of sulfonamides is 1. The van der Waals surface area contributed by atoms with Crippen LogP contribution < -0.4 is 14.4 Å². The van der Waals surface area contributed by atoms with Crippen molar-refractivity contribution in [3.63, 3.8) is 0 Å². The van der Waals surface area contributed by atoms with E-state index in [1.165, 1.54) is 29.0 Å². The Kier molecular flexibility index (Phi) is 14.9. The molecule has 8 rings (SSSR count). The molecule has 19 heteroatoms. The summed E-state index contributed by atoms with van der Waals surface area (Å²) in [6.07, 6.45) is 6.05. The van der Waals surface area contributed by atoms with Gasteiger partial charge in [0.25, 0.3) is 15.9 Å². The number of carboxylic acids is 1. The average Bonchev–Trinajstić information content (AvgIpc) is 3.80. The molecule has 2 aliphatic heterocycles. The molecule has 2 N–H and O–H groups in total. The summed E-state index contributed by atoms with van der Waals surface area (Å²) in [5.41, 5.74) is 2.86. The lowest BCUT2D eigenvalue weighted by atomic mass is 9.72. The van der Waals surface area contributed by atoms with Crippen LogP contribution in [0.2, 0.25) is 5.02 Å². The van der Waals surface area contributed by atoms with Gasteiger partial charge in [0.2, 0.25) is 0 Å². The summed E-state index contributed by atoms with van der Waals surface area (Å²) in [5.74, 6) is -2.14. The molecule has 0 atom stereocenters. The van der Waals surface area contributed by atoms with Crippen LogP contribution in [0.15, 0.2) is 95.7 Å². The molecule has 3 aliphatic rings. The summed E-state index contributed by atoms with van der Waals surface area (Å²) in [7, 11) is -4.87. The minimum atomic E-state index is -4.87. The number of halogens is 2. The number of carbonyl (C=O) groups is 2. The number of hydrogen-bond donors (Lipinski definition) is 2. The van der Waals surface area contributed by atoms with E-state index in [0.717, 1.165) is 68.2 Å². The maximum atomic E-state index is 15.4. The van der Waals surface area contributed by atoms with Gasteiger partial charge in [-0.15, -0.1) is 0 Å². The molecule has 366 valence electrons. The van der Waals surface area contributed by atoms with Crippen LogP contribution in [0.5, 0.6) is 17.2 Å². The predicted octanol–water partition coefficient (Wildman–Crippen LogP) is 9.69. The number of H-pyrrole nitrogens is 1. The molecule has 1 amide bonds. The van der Waals surface area contributed by atoms with Gasteiger partial charge in [0.05, 0.1) is 21.6 Å². The van der Waals surface area contributed by atoms with Gasteiger partial charge in [0, 0.05) is 106 Å². The number of rotatable bonds is 18. The number of carbonyl (C=O) groups excluding carboxylic acids is 1. The van der Waals surface area contributed by atoms with Crippen molar-refractivity contribution in [3.05, 3.63) is 117 Å². The molecule has 2 fully saturated rings. The number of benzene rings is 3. The molecule has 4 heterocycles. The van der Waals surface area contributed by atoms with E-state index in [4.69, 9.17) is 25.8 Å². The lowest BCUT2D eigenvalue weighted by Crippen LogP contribution is -2.47. The second-order valence-corrected chi connectivity index (χ2v) is 21.0. The van der Waals surface area contributed by atoms with Crippen LogP contribution in [0, 0.1) is 15.5 Å². The van der Waals surface area contributed by atoms with E-state index < -0.39 is 56.2 Å². The van der Waals surface area contributed by atoms with Crippen LogP contribution in [0.1, 0.15) is 81.1 Å².